The van der Waals surface area contributed by atoms with Gasteiger partial charge in [-0.2, -0.15) is 0 Å². The van der Waals surface area contributed by atoms with Crippen molar-refractivity contribution in [1.82, 2.24) is 10.2 Å². The van der Waals surface area contributed by atoms with Crippen molar-refractivity contribution >= 4 is 18.0 Å². The van der Waals surface area contributed by atoms with Crippen LogP contribution in [0.5, 0.6) is 0 Å². The molecular formula is C20H22N2O5. The first-order valence-electron chi connectivity index (χ1n) is 8.41. The SMILES string of the molecule is CNC(=O)N(Cc1ccccc1)[C@](CC(=O)O)(Cc1ccccc1)C(=O)O. The zero-order valence-electron chi connectivity index (χ0n) is 15.0. The third-order valence-corrected chi connectivity index (χ3v) is 4.34. The van der Waals surface area contributed by atoms with E-state index in [2.05, 4.69) is 5.32 Å². The summed E-state index contributed by atoms with van der Waals surface area (Å²) in [7, 11) is 1.39. The zero-order chi connectivity index (χ0) is 19.9. The molecule has 0 radical (unpaired) electrons. The van der Waals surface area contributed by atoms with Gasteiger partial charge in [-0.25, -0.2) is 9.59 Å². The molecule has 3 N–H and O–H groups in total. The van der Waals surface area contributed by atoms with Gasteiger partial charge in [-0.05, 0) is 11.1 Å². The normalized spacial score (nSPS) is 12.6. The number of nitrogens with one attached hydrogen (secondary N) is 1. The molecule has 2 aromatic carbocycles. The molecule has 0 fully saturated rings. The average Bonchev–Trinajstić information content (AvgIpc) is 2.66. The summed E-state index contributed by atoms with van der Waals surface area (Å²) in [6, 6.07) is 16.9. The maximum absolute atomic E-state index is 12.6. The fraction of sp³-hybridized carbons (Fsp3) is 0.250. The lowest BCUT2D eigenvalue weighted by atomic mass is 9.85. The van der Waals surface area contributed by atoms with Gasteiger partial charge in [0.15, 0.2) is 5.54 Å². The highest BCUT2D eigenvalue weighted by molar-refractivity contribution is 5.90. The molecule has 7 nitrogen and oxygen atoms in total. The molecule has 142 valence electrons. The Morgan fingerprint density at radius 1 is 0.926 bits per heavy atom. The van der Waals surface area contributed by atoms with Crippen molar-refractivity contribution in [1.29, 1.82) is 0 Å². The maximum Gasteiger partial charge on any atom is 0.330 e. The van der Waals surface area contributed by atoms with Gasteiger partial charge in [0.2, 0.25) is 0 Å². The first kappa shape index (κ1) is 20.0. The summed E-state index contributed by atoms with van der Waals surface area (Å²) >= 11 is 0. The minimum atomic E-state index is -1.94. The maximum atomic E-state index is 12.6. The minimum Gasteiger partial charge on any atom is -0.481 e. The Hall–Kier alpha value is -3.35. The molecule has 2 aromatic rings. The number of urea groups is 1. The Morgan fingerprint density at radius 2 is 1.44 bits per heavy atom. The second-order valence-corrected chi connectivity index (χ2v) is 6.20. The van der Waals surface area contributed by atoms with Crippen molar-refractivity contribution in [2.75, 3.05) is 7.05 Å². The van der Waals surface area contributed by atoms with Crippen LogP contribution < -0.4 is 5.32 Å². The van der Waals surface area contributed by atoms with Crippen molar-refractivity contribution in [3.05, 3.63) is 71.8 Å². The number of hydrogen-bond acceptors (Lipinski definition) is 3. The van der Waals surface area contributed by atoms with Crippen LogP contribution in [0.1, 0.15) is 17.5 Å². The summed E-state index contributed by atoms with van der Waals surface area (Å²) < 4.78 is 0. The number of carbonyl (C=O) groups excluding carboxylic acids is 1. The van der Waals surface area contributed by atoms with Gasteiger partial charge in [0.25, 0.3) is 0 Å². The van der Waals surface area contributed by atoms with E-state index < -0.39 is 29.9 Å². The predicted molar refractivity (Wildman–Crippen MR) is 99.2 cm³/mol. The molecule has 0 saturated carbocycles. The van der Waals surface area contributed by atoms with Crippen LogP contribution in [0, 0.1) is 0 Å². The lowest BCUT2D eigenvalue weighted by Gasteiger charge is -2.39. The summed E-state index contributed by atoms with van der Waals surface area (Å²) in [5.41, 5.74) is -0.614. The highest BCUT2D eigenvalue weighted by atomic mass is 16.4. The summed E-state index contributed by atoms with van der Waals surface area (Å²) in [4.78, 5) is 37.6. The fourth-order valence-corrected chi connectivity index (χ4v) is 3.02. The van der Waals surface area contributed by atoms with E-state index in [9.17, 15) is 24.6 Å². The summed E-state index contributed by atoms with van der Waals surface area (Å²) in [5.74, 6) is -2.66. The highest BCUT2D eigenvalue weighted by Gasteiger charge is 2.48. The van der Waals surface area contributed by atoms with E-state index in [1.807, 2.05) is 0 Å². The lowest BCUT2D eigenvalue weighted by Crippen LogP contribution is -2.61. The number of aliphatic carboxylic acids is 2. The Bertz CT molecular complexity index is 795. The van der Waals surface area contributed by atoms with Crippen LogP contribution in [0.2, 0.25) is 0 Å². The van der Waals surface area contributed by atoms with Gasteiger partial charge >= 0.3 is 18.0 Å². The number of hydrogen-bond donors (Lipinski definition) is 3. The van der Waals surface area contributed by atoms with Gasteiger partial charge in [0.1, 0.15) is 0 Å². The summed E-state index contributed by atoms with van der Waals surface area (Å²) in [6.45, 7) is -0.0348. The van der Waals surface area contributed by atoms with Crippen LogP contribution >= 0.6 is 0 Å². The Labute approximate surface area is 157 Å². The first-order chi connectivity index (χ1) is 12.9. The molecule has 0 saturated heterocycles. The second kappa shape index (κ2) is 8.84. The molecule has 0 aliphatic heterocycles. The lowest BCUT2D eigenvalue weighted by molar-refractivity contribution is -0.156. The molecule has 1 atom stereocenters. The van der Waals surface area contributed by atoms with E-state index >= 15 is 0 Å². The standard InChI is InChI=1S/C20H22N2O5/c1-21-19(27)22(14-16-10-6-3-7-11-16)20(18(25)26,13-17(23)24)12-15-8-4-2-5-9-15/h2-11H,12-14H2,1H3,(H,21,27)(H,23,24)(H,25,26)/t20-/m0/s1. The van der Waals surface area contributed by atoms with Crippen LogP contribution in [0.15, 0.2) is 60.7 Å². The Morgan fingerprint density at radius 3 is 1.89 bits per heavy atom. The number of carboxylic acid groups (broad SMARTS) is 2. The molecule has 7 heteroatoms. The Kier molecular flexibility index (Phi) is 6.54. The molecular weight excluding hydrogens is 348 g/mol. The molecule has 0 bridgehead atoms. The van der Waals surface area contributed by atoms with E-state index in [1.165, 1.54) is 7.05 Å². The van der Waals surface area contributed by atoms with Crippen molar-refractivity contribution in [2.45, 2.75) is 24.9 Å². The molecule has 2 rings (SSSR count). The topological polar surface area (TPSA) is 107 Å². The first-order valence-corrected chi connectivity index (χ1v) is 8.41. The van der Waals surface area contributed by atoms with E-state index in [-0.39, 0.29) is 13.0 Å². The van der Waals surface area contributed by atoms with Crippen molar-refractivity contribution < 1.29 is 24.6 Å². The Balaban J connectivity index is 2.55. The number of amides is 2. The van der Waals surface area contributed by atoms with Crippen LogP contribution in [0.25, 0.3) is 0 Å². The van der Waals surface area contributed by atoms with Crippen LogP contribution in [-0.2, 0) is 22.6 Å². The van der Waals surface area contributed by atoms with Crippen molar-refractivity contribution in [3.8, 4) is 0 Å². The smallest absolute Gasteiger partial charge is 0.330 e. The van der Waals surface area contributed by atoms with Crippen molar-refractivity contribution in [2.24, 2.45) is 0 Å². The summed E-state index contributed by atoms with van der Waals surface area (Å²) in [5, 5.41) is 21.9. The molecule has 0 aliphatic rings. The molecule has 0 spiro atoms. The molecule has 2 amide bonds. The number of benzene rings is 2. The van der Waals surface area contributed by atoms with Gasteiger partial charge in [0.05, 0.1) is 6.42 Å². The fourth-order valence-electron chi connectivity index (χ4n) is 3.02. The largest absolute Gasteiger partial charge is 0.481 e. The van der Waals surface area contributed by atoms with E-state index in [0.29, 0.717) is 11.1 Å². The number of rotatable bonds is 8. The van der Waals surface area contributed by atoms with Gasteiger partial charge in [-0.15, -0.1) is 0 Å². The number of carboxylic acids is 2. The van der Waals surface area contributed by atoms with Gasteiger partial charge < -0.3 is 20.4 Å². The van der Waals surface area contributed by atoms with Crippen molar-refractivity contribution in [3.63, 3.8) is 0 Å². The minimum absolute atomic E-state index is 0.0348. The van der Waals surface area contributed by atoms with Gasteiger partial charge in [0, 0.05) is 20.0 Å². The molecule has 0 unspecified atom stereocenters. The van der Waals surface area contributed by atoms with Crippen LogP contribution in [-0.4, -0.2) is 45.7 Å². The summed E-state index contributed by atoms with van der Waals surface area (Å²) in [6.07, 6.45) is -0.854. The number of carbonyl (C=O) groups is 3. The second-order valence-electron chi connectivity index (χ2n) is 6.20. The molecule has 0 aromatic heterocycles. The third-order valence-electron chi connectivity index (χ3n) is 4.34. The highest BCUT2D eigenvalue weighted by Crippen LogP contribution is 2.28. The zero-order valence-corrected chi connectivity index (χ0v) is 15.0. The van der Waals surface area contributed by atoms with E-state index in [0.717, 1.165) is 4.90 Å². The molecule has 0 heterocycles. The van der Waals surface area contributed by atoms with E-state index in [4.69, 9.17) is 0 Å². The van der Waals surface area contributed by atoms with E-state index in [1.54, 1.807) is 60.7 Å². The van der Waals surface area contributed by atoms with Crippen LogP contribution in [0.3, 0.4) is 0 Å². The molecule has 27 heavy (non-hydrogen) atoms. The third kappa shape index (κ3) is 4.84. The monoisotopic (exact) mass is 370 g/mol. The van der Waals surface area contributed by atoms with Gasteiger partial charge in [-0.3, -0.25) is 4.79 Å². The molecule has 0 aliphatic carbocycles. The van der Waals surface area contributed by atoms with Crippen LogP contribution in [0.4, 0.5) is 4.79 Å². The predicted octanol–water partition coefficient (Wildman–Crippen LogP) is 2.37. The average molecular weight is 370 g/mol. The number of nitrogens with zero attached hydrogens (tertiary/aromatic N) is 1. The quantitative estimate of drug-likeness (QED) is 0.661. The van der Waals surface area contributed by atoms with Gasteiger partial charge in [-0.1, -0.05) is 60.7 Å².